The number of carbonyl (C=O) groups excluding carboxylic acids is 1. The summed E-state index contributed by atoms with van der Waals surface area (Å²) in [6, 6.07) is 7.06. The number of rotatable bonds is 5. The van der Waals surface area contributed by atoms with Crippen LogP contribution < -0.4 is 4.31 Å². The van der Waals surface area contributed by atoms with Gasteiger partial charge in [-0.15, -0.1) is 0 Å². The molecule has 31 heavy (non-hydrogen) atoms. The number of anilines is 1. The number of benzene rings is 1. The van der Waals surface area contributed by atoms with Gasteiger partial charge in [-0.1, -0.05) is 18.2 Å². The molecule has 0 saturated carbocycles. The minimum absolute atomic E-state index is 0.0413. The fraction of sp³-hybridized carbons (Fsp3) is 0.500. The summed E-state index contributed by atoms with van der Waals surface area (Å²) in [5.74, 6) is -0.266. The Balaban J connectivity index is 1.59. The number of aryl methyl sites for hydroxylation is 1. The molecule has 0 spiro atoms. The monoisotopic (exact) mass is 466 g/mol. The van der Waals surface area contributed by atoms with Crippen LogP contribution in [0.5, 0.6) is 0 Å². The second-order valence-electron chi connectivity index (χ2n) is 8.17. The van der Waals surface area contributed by atoms with Crippen LogP contribution >= 0.6 is 0 Å². The van der Waals surface area contributed by atoms with E-state index in [1.54, 1.807) is 27.0 Å². The minimum atomic E-state index is -3.83. The third kappa shape index (κ3) is 3.84. The van der Waals surface area contributed by atoms with E-state index in [1.807, 2.05) is 18.2 Å². The number of para-hydroxylation sites is 1. The Kier molecular flexibility index (Phi) is 5.37. The van der Waals surface area contributed by atoms with Crippen molar-refractivity contribution < 1.29 is 21.6 Å². The molecule has 2 aliphatic rings. The molecule has 0 unspecified atom stereocenters. The van der Waals surface area contributed by atoms with E-state index >= 15 is 0 Å². The smallest absolute Gasteiger partial charge is 0.268 e. The second kappa shape index (κ2) is 7.63. The SMILES string of the molecule is Cc1nn(CC(=O)N(C)[C@@H]2CCS(=O)(=O)C2)c(C)c1S(=O)(=O)N1CCc2ccccc21. The number of amides is 1. The molecular weight excluding hydrogens is 440 g/mol. The van der Waals surface area contributed by atoms with E-state index in [0.717, 1.165) is 5.56 Å². The van der Waals surface area contributed by atoms with Gasteiger partial charge in [-0.05, 0) is 38.3 Å². The first-order valence-corrected chi connectivity index (χ1v) is 13.4. The van der Waals surface area contributed by atoms with Gasteiger partial charge in [0.2, 0.25) is 5.91 Å². The van der Waals surface area contributed by atoms with Crippen LogP contribution in [0, 0.1) is 13.8 Å². The highest BCUT2D eigenvalue weighted by Gasteiger charge is 2.36. The normalized spacial score (nSPS) is 20.1. The molecular formula is C20H26N4O5S2. The molecule has 9 nitrogen and oxygen atoms in total. The van der Waals surface area contributed by atoms with Crippen molar-refractivity contribution in [3.63, 3.8) is 0 Å². The Bertz CT molecular complexity index is 1250. The summed E-state index contributed by atoms with van der Waals surface area (Å²) in [6.45, 7) is 3.48. The molecule has 1 fully saturated rings. The lowest BCUT2D eigenvalue weighted by atomic mass is 10.2. The second-order valence-corrected chi connectivity index (χ2v) is 12.2. The van der Waals surface area contributed by atoms with Gasteiger partial charge in [0.05, 0.1) is 28.6 Å². The number of sulfonamides is 1. The maximum atomic E-state index is 13.5. The molecule has 0 bridgehead atoms. The predicted octanol–water partition coefficient (Wildman–Crippen LogP) is 0.897. The van der Waals surface area contributed by atoms with E-state index in [-0.39, 0.29) is 34.9 Å². The van der Waals surface area contributed by atoms with Crippen LogP contribution in [-0.4, -0.2) is 68.6 Å². The minimum Gasteiger partial charge on any atom is -0.340 e. The van der Waals surface area contributed by atoms with Crippen molar-refractivity contribution in [2.75, 3.05) is 29.4 Å². The van der Waals surface area contributed by atoms with E-state index in [1.165, 1.54) is 13.9 Å². The first-order valence-electron chi connectivity index (χ1n) is 10.1. The number of carbonyl (C=O) groups is 1. The number of aromatic nitrogens is 2. The van der Waals surface area contributed by atoms with Crippen molar-refractivity contribution in [1.82, 2.24) is 14.7 Å². The highest BCUT2D eigenvalue weighted by atomic mass is 32.2. The van der Waals surface area contributed by atoms with E-state index in [0.29, 0.717) is 36.5 Å². The maximum Gasteiger partial charge on any atom is 0.268 e. The summed E-state index contributed by atoms with van der Waals surface area (Å²) in [4.78, 5) is 14.3. The molecule has 1 amide bonds. The zero-order valence-electron chi connectivity index (χ0n) is 17.8. The lowest BCUT2D eigenvalue weighted by Gasteiger charge is -2.23. The number of fused-ring (bicyclic) bond motifs is 1. The van der Waals surface area contributed by atoms with Gasteiger partial charge in [0.15, 0.2) is 9.84 Å². The van der Waals surface area contributed by atoms with Gasteiger partial charge in [0.1, 0.15) is 11.4 Å². The number of hydrogen-bond donors (Lipinski definition) is 0. The molecule has 1 aromatic carbocycles. The lowest BCUT2D eigenvalue weighted by molar-refractivity contribution is -0.132. The van der Waals surface area contributed by atoms with Crippen LogP contribution in [0.2, 0.25) is 0 Å². The number of nitrogens with zero attached hydrogens (tertiary/aromatic N) is 4. The van der Waals surface area contributed by atoms with Gasteiger partial charge in [-0.2, -0.15) is 5.10 Å². The van der Waals surface area contributed by atoms with Crippen molar-refractivity contribution in [3.05, 3.63) is 41.2 Å². The molecule has 1 saturated heterocycles. The van der Waals surface area contributed by atoms with Crippen LogP contribution in [0.4, 0.5) is 5.69 Å². The molecule has 168 valence electrons. The Hall–Kier alpha value is -2.40. The summed E-state index contributed by atoms with van der Waals surface area (Å²) in [7, 11) is -5.36. The summed E-state index contributed by atoms with van der Waals surface area (Å²) in [5.41, 5.74) is 2.38. The fourth-order valence-electron chi connectivity index (χ4n) is 4.40. The molecule has 1 aromatic heterocycles. The van der Waals surface area contributed by atoms with Crippen molar-refractivity contribution in [1.29, 1.82) is 0 Å². The van der Waals surface area contributed by atoms with Crippen LogP contribution in [0.3, 0.4) is 0 Å². The molecule has 4 rings (SSSR count). The topological polar surface area (TPSA) is 110 Å². The Morgan fingerprint density at radius 2 is 1.97 bits per heavy atom. The summed E-state index contributed by atoms with van der Waals surface area (Å²) >= 11 is 0. The summed E-state index contributed by atoms with van der Waals surface area (Å²) in [5, 5.41) is 4.33. The third-order valence-corrected chi connectivity index (χ3v) is 9.96. The summed E-state index contributed by atoms with van der Waals surface area (Å²) < 4.78 is 53.2. The first-order chi connectivity index (χ1) is 14.5. The van der Waals surface area contributed by atoms with Crippen LogP contribution in [0.1, 0.15) is 23.4 Å². The molecule has 0 aliphatic carbocycles. The van der Waals surface area contributed by atoms with Crippen LogP contribution in [-0.2, 0) is 37.6 Å². The van der Waals surface area contributed by atoms with Gasteiger partial charge in [0, 0.05) is 19.6 Å². The van der Waals surface area contributed by atoms with Crippen molar-refractivity contribution in [2.45, 2.75) is 44.2 Å². The van der Waals surface area contributed by atoms with Crippen molar-refractivity contribution >= 4 is 31.5 Å². The van der Waals surface area contributed by atoms with E-state index < -0.39 is 19.9 Å². The summed E-state index contributed by atoms with van der Waals surface area (Å²) in [6.07, 6.45) is 1.06. The zero-order chi connectivity index (χ0) is 22.6. The van der Waals surface area contributed by atoms with Crippen LogP contribution in [0.25, 0.3) is 0 Å². The largest absolute Gasteiger partial charge is 0.340 e. The van der Waals surface area contributed by atoms with Gasteiger partial charge in [-0.25, -0.2) is 16.8 Å². The van der Waals surface area contributed by atoms with Gasteiger partial charge in [-0.3, -0.25) is 13.8 Å². The molecule has 3 heterocycles. The van der Waals surface area contributed by atoms with Crippen molar-refractivity contribution in [3.8, 4) is 0 Å². The zero-order valence-corrected chi connectivity index (χ0v) is 19.4. The molecule has 0 N–H and O–H groups in total. The highest BCUT2D eigenvalue weighted by molar-refractivity contribution is 7.93. The standard InChI is InChI=1S/C20H26N4O5S2/c1-14-20(31(28,29)24-10-8-16-6-4-5-7-18(16)24)15(2)23(21-14)12-19(25)22(3)17-9-11-30(26,27)13-17/h4-7,17H,8-13H2,1-3H3/t17-/m1/s1. The third-order valence-electron chi connectivity index (χ3n) is 6.14. The first kappa shape index (κ1) is 21.8. The van der Waals surface area contributed by atoms with E-state index in [2.05, 4.69) is 5.10 Å². The average Bonchev–Trinajstić information content (AvgIpc) is 3.37. The lowest BCUT2D eigenvalue weighted by Crippen LogP contribution is -2.40. The molecule has 0 radical (unpaired) electrons. The van der Waals surface area contributed by atoms with E-state index in [4.69, 9.17) is 0 Å². The van der Waals surface area contributed by atoms with E-state index in [9.17, 15) is 21.6 Å². The highest BCUT2D eigenvalue weighted by Crippen LogP contribution is 2.34. The Morgan fingerprint density at radius 3 is 2.65 bits per heavy atom. The Labute approximate surface area is 182 Å². The average molecular weight is 467 g/mol. The van der Waals surface area contributed by atoms with Crippen molar-refractivity contribution in [2.24, 2.45) is 0 Å². The number of likely N-dealkylation sites (N-methyl/N-ethyl adjacent to an activating group) is 1. The predicted molar refractivity (Wildman–Crippen MR) is 116 cm³/mol. The fourth-order valence-corrected chi connectivity index (χ4v) is 8.06. The molecule has 1 atom stereocenters. The maximum absolute atomic E-state index is 13.5. The van der Waals surface area contributed by atoms with Gasteiger partial charge < -0.3 is 4.90 Å². The molecule has 11 heteroatoms. The quantitative estimate of drug-likeness (QED) is 0.648. The Morgan fingerprint density at radius 1 is 1.26 bits per heavy atom. The number of hydrogen-bond acceptors (Lipinski definition) is 6. The van der Waals surface area contributed by atoms with Crippen LogP contribution in [0.15, 0.2) is 29.2 Å². The molecule has 2 aromatic rings. The number of sulfone groups is 1. The van der Waals surface area contributed by atoms with Gasteiger partial charge >= 0.3 is 0 Å². The molecule has 2 aliphatic heterocycles. The van der Waals surface area contributed by atoms with Gasteiger partial charge in [0.25, 0.3) is 10.0 Å².